The van der Waals surface area contributed by atoms with Crippen molar-refractivity contribution >= 4 is 15.8 Å². The number of aliphatic imine (C=N–C) groups is 1. The molecule has 0 saturated carbocycles. The Labute approximate surface area is 184 Å². The first-order chi connectivity index (χ1) is 14.8. The van der Waals surface area contributed by atoms with Crippen molar-refractivity contribution in [2.75, 3.05) is 26.0 Å². The fourth-order valence-corrected chi connectivity index (χ4v) is 3.78. The highest BCUT2D eigenvalue weighted by molar-refractivity contribution is 7.89. The van der Waals surface area contributed by atoms with Gasteiger partial charge in [0, 0.05) is 19.3 Å². The molecule has 2 aromatic carbocycles. The number of rotatable bonds is 11. The molecule has 0 aliphatic rings. The Morgan fingerprint density at radius 1 is 1.06 bits per heavy atom. The zero-order valence-electron chi connectivity index (χ0n) is 18.4. The second-order valence-electron chi connectivity index (χ2n) is 7.47. The molecule has 2 N–H and O–H groups in total. The summed E-state index contributed by atoms with van der Waals surface area (Å²) in [6, 6.07) is 12.1. The Kier molecular flexibility index (Phi) is 9.78. The highest BCUT2D eigenvalue weighted by atomic mass is 32.2. The SMILES string of the molecule is CCNC(=NCc1cc(F)ccc1CS(C)(=O)=O)NCCCCOc1ccc(C)cc1. The summed E-state index contributed by atoms with van der Waals surface area (Å²) >= 11 is 0. The van der Waals surface area contributed by atoms with Crippen LogP contribution >= 0.6 is 0 Å². The molecule has 0 aliphatic carbocycles. The van der Waals surface area contributed by atoms with Crippen LogP contribution in [-0.2, 0) is 22.1 Å². The van der Waals surface area contributed by atoms with Gasteiger partial charge < -0.3 is 15.4 Å². The number of guanidine groups is 1. The lowest BCUT2D eigenvalue weighted by Gasteiger charge is -2.13. The molecule has 0 fully saturated rings. The average molecular weight is 450 g/mol. The molecule has 0 amide bonds. The first-order valence-electron chi connectivity index (χ1n) is 10.4. The van der Waals surface area contributed by atoms with Gasteiger partial charge in [-0.3, -0.25) is 0 Å². The van der Waals surface area contributed by atoms with Crippen LogP contribution in [0.15, 0.2) is 47.5 Å². The van der Waals surface area contributed by atoms with Crippen LogP contribution in [-0.4, -0.2) is 40.3 Å². The van der Waals surface area contributed by atoms with Crippen molar-refractivity contribution in [1.29, 1.82) is 0 Å². The van der Waals surface area contributed by atoms with Crippen LogP contribution < -0.4 is 15.4 Å². The van der Waals surface area contributed by atoms with Gasteiger partial charge in [0.15, 0.2) is 15.8 Å². The minimum absolute atomic E-state index is 0.136. The molecular weight excluding hydrogens is 417 g/mol. The Morgan fingerprint density at radius 2 is 1.81 bits per heavy atom. The summed E-state index contributed by atoms with van der Waals surface area (Å²) in [7, 11) is -3.22. The Morgan fingerprint density at radius 3 is 2.48 bits per heavy atom. The molecule has 170 valence electrons. The second-order valence-corrected chi connectivity index (χ2v) is 9.61. The number of ether oxygens (including phenoxy) is 1. The van der Waals surface area contributed by atoms with E-state index >= 15 is 0 Å². The largest absolute Gasteiger partial charge is 0.494 e. The molecular formula is C23H32FN3O3S. The van der Waals surface area contributed by atoms with Gasteiger partial charge in [0.2, 0.25) is 0 Å². The maximum Gasteiger partial charge on any atom is 0.191 e. The van der Waals surface area contributed by atoms with E-state index in [1.54, 1.807) is 0 Å². The molecule has 0 spiro atoms. The van der Waals surface area contributed by atoms with Crippen LogP contribution in [0.2, 0.25) is 0 Å². The van der Waals surface area contributed by atoms with Gasteiger partial charge in [-0.05, 0) is 62.1 Å². The van der Waals surface area contributed by atoms with Gasteiger partial charge in [-0.25, -0.2) is 17.8 Å². The van der Waals surface area contributed by atoms with Gasteiger partial charge in [0.1, 0.15) is 11.6 Å². The molecule has 8 heteroatoms. The lowest BCUT2D eigenvalue weighted by Crippen LogP contribution is -2.37. The fraction of sp³-hybridized carbons (Fsp3) is 0.435. The summed E-state index contributed by atoms with van der Waals surface area (Å²) in [5.74, 6) is 0.933. The number of hydrogen-bond acceptors (Lipinski definition) is 4. The second kappa shape index (κ2) is 12.3. The number of aryl methyl sites for hydroxylation is 1. The quantitative estimate of drug-likeness (QED) is 0.311. The van der Waals surface area contributed by atoms with Gasteiger partial charge in [-0.2, -0.15) is 0 Å². The summed E-state index contributed by atoms with van der Waals surface area (Å²) < 4.78 is 42.7. The minimum atomic E-state index is -3.22. The van der Waals surface area contributed by atoms with Crippen LogP contribution in [0, 0.1) is 12.7 Å². The van der Waals surface area contributed by atoms with Crippen molar-refractivity contribution in [3.8, 4) is 5.75 Å². The molecule has 0 saturated heterocycles. The minimum Gasteiger partial charge on any atom is -0.494 e. The molecule has 2 rings (SSSR count). The van der Waals surface area contributed by atoms with E-state index in [0.29, 0.717) is 36.8 Å². The summed E-state index contributed by atoms with van der Waals surface area (Å²) in [5.41, 5.74) is 2.33. The van der Waals surface area contributed by atoms with E-state index < -0.39 is 15.7 Å². The van der Waals surface area contributed by atoms with Crippen LogP contribution in [0.4, 0.5) is 4.39 Å². The van der Waals surface area contributed by atoms with Crippen LogP contribution in [0.1, 0.15) is 36.5 Å². The van der Waals surface area contributed by atoms with Crippen molar-refractivity contribution in [3.63, 3.8) is 0 Å². The van der Waals surface area contributed by atoms with Crippen molar-refractivity contribution in [3.05, 3.63) is 65.0 Å². The predicted octanol–water partition coefficient (Wildman–Crippen LogP) is 3.59. The maximum atomic E-state index is 13.7. The van der Waals surface area contributed by atoms with E-state index in [1.807, 2.05) is 38.1 Å². The molecule has 0 heterocycles. The summed E-state index contributed by atoms with van der Waals surface area (Å²) in [6.07, 6.45) is 2.95. The van der Waals surface area contributed by atoms with Gasteiger partial charge >= 0.3 is 0 Å². The number of halogens is 1. The average Bonchev–Trinajstić information content (AvgIpc) is 2.70. The molecule has 0 aliphatic heterocycles. The standard InChI is InChI=1S/C23H32FN3O3S/c1-4-25-23(26-13-5-6-14-30-22-11-7-18(2)8-12-22)27-16-20-15-21(24)10-9-19(20)17-31(3,28)29/h7-12,15H,4-6,13-14,16-17H2,1-3H3,(H2,25,26,27). The zero-order valence-corrected chi connectivity index (χ0v) is 19.3. The van der Waals surface area contributed by atoms with E-state index in [0.717, 1.165) is 24.8 Å². The fourth-order valence-electron chi connectivity index (χ4n) is 2.93. The molecule has 6 nitrogen and oxygen atoms in total. The number of unbranched alkanes of at least 4 members (excludes halogenated alkanes) is 1. The highest BCUT2D eigenvalue weighted by Crippen LogP contribution is 2.16. The third-order valence-electron chi connectivity index (χ3n) is 4.49. The van der Waals surface area contributed by atoms with Crippen LogP contribution in [0.25, 0.3) is 0 Å². The van der Waals surface area contributed by atoms with E-state index in [-0.39, 0.29) is 12.3 Å². The summed E-state index contributed by atoms with van der Waals surface area (Å²) in [4.78, 5) is 4.49. The summed E-state index contributed by atoms with van der Waals surface area (Å²) in [6.45, 7) is 6.22. The van der Waals surface area contributed by atoms with E-state index in [9.17, 15) is 12.8 Å². The molecule has 0 atom stereocenters. The Hall–Kier alpha value is -2.61. The van der Waals surface area contributed by atoms with Crippen molar-refractivity contribution < 1.29 is 17.5 Å². The maximum absolute atomic E-state index is 13.7. The smallest absolute Gasteiger partial charge is 0.191 e. The van der Waals surface area contributed by atoms with E-state index in [2.05, 4.69) is 15.6 Å². The Bertz CT molecular complexity index is 961. The monoisotopic (exact) mass is 449 g/mol. The van der Waals surface area contributed by atoms with Crippen molar-refractivity contribution in [2.45, 2.75) is 39.0 Å². The lowest BCUT2D eigenvalue weighted by molar-refractivity contribution is 0.307. The molecule has 0 aromatic heterocycles. The molecule has 31 heavy (non-hydrogen) atoms. The van der Waals surface area contributed by atoms with Gasteiger partial charge in [0.25, 0.3) is 0 Å². The van der Waals surface area contributed by atoms with Crippen LogP contribution in [0.5, 0.6) is 5.75 Å². The number of benzene rings is 2. The zero-order chi connectivity index (χ0) is 22.7. The number of hydrogen-bond donors (Lipinski definition) is 2. The molecule has 0 radical (unpaired) electrons. The van der Waals surface area contributed by atoms with Crippen molar-refractivity contribution in [1.82, 2.24) is 10.6 Å². The van der Waals surface area contributed by atoms with Gasteiger partial charge in [0.05, 0.1) is 18.9 Å². The highest BCUT2D eigenvalue weighted by Gasteiger charge is 2.10. The number of nitrogens with one attached hydrogen (secondary N) is 2. The topological polar surface area (TPSA) is 79.8 Å². The van der Waals surface area contributed by atoms with Gasteiger partial charge in [-0.15, -0.1) is 0 Å². The molecule has 0 unspecified atom stereocenters. The first-order valence-corrected chi connectivity index (χ1v) is 12.5. The van der Waals surface area contributed by atoms with E-state index in [1.165, 1.54) is 23.8 Å². The third kappa shape index (κ3) is 9.83. The number of sulfone groups is 1. The number of nitrogens with zero attached hydrogens (tertiary/aromatic N) is 1. The predicted molar refractivity (Wildman–Crippen MR) is 124 cm³/mol. The normalized spacial score (nSPS) is 11.9. The lowest BCUT2D eigenvalue weighted by atomic mass is 10.1. The third-order valence-corrected chi connectivity index (χ3v) is 5.33. The first kappa shape index (κ1) is 24.7. The van der Waals surface area contributed by atoms with Crippen LogP contribution in [0.3, 0.4) is 0 Å². The Balaban J connectivity index is 1.85. The summed E-state index contributed by atoms with van der Waals surface area (Å²) in [5, 5.41) is 6.40. The van der Waals surface area contributed by atoms with Crippen molar-refractivity contribution in [2.24, 2.45) is 4.99 Å². The van der Waals surface area contributed by atoms with Gasteiger partial charge in [-0.1, -0.05) is 23.8 Å². The molecule has 0 bridgehead atoms. The van der Waals surface area contributed by atoms with E-state index in [4.69, 9.17) is 4.74 Å². The molecule has 2 aromatic rings.